The number of nitrogens with zero attached hydrogens (tertiary/aromatic N) is 2. The molecule has 9 heteroatoms. The zero-order chi connectivity index (χ0) is 18.6. The summed E-state index contributed by atoms with van der Waals surface area (Å²) < 4.78 is 43.2. The predicted octanol–water partition coefficient (Wildman–Crippen LogP) is 2.97. The lowest BCUT2D eigenvalue weighted by Crippen LogP contribution is -2.46. The third-order valence-corrected chi connectivity index (χ3v) is 4.84. The zero-order valence-electron chi connectivity index (χ0n) is 15.3. The molecule has 5 nitrogen and oxygen atoms in total. The van der Waals surface area contributed by atoms with Crippen molar-refractivity contribution in [3.63, 3.8) is 0 Å². The first-order valence-electron chi connectivity index (χ1n) is 8.92. The average Bonchev–Trinajstić information content (AvgIpc) is 3.03. The van der Waals surface area contributed by atoms with E-state index >= 15 is 0 Å². The summed E-state index contributed by atoms with van der Waals surface area (Å²) in [5.74, 6) is 1.88. The van der Waals surface area contributed by atoms with E-state index < -0.39 is 12.7 Å². The van der Waals surface area contributed by atoms with Crippen molar-refractivity contribution in [1.82, 2.24) is 15.5 Å². The Balaban J connectivity index is 0.00000261. The summed E-state index contributed by atoms with van der Waals surface area (Å²) in [5, 5.41) is 6.56. The van der Waals surface area contributed by atoms with Crippen LogP contribution < -0.4 is 15.4 Å². The van der Waals surface area contributed by atoms with Gasteiger partial charge in [0.2, 0.25) is 0 Å². The first-order valence-corrected chi connectivity index (χ1v) is 8.92. The number of alkyl halides is 3. The van der Waals surface area contributed by atoms with Crippen LogP contribution >= 0.6 is 24.0 Å². The van der Waals surface area contributed by atoms with Crippen LogP contribution in [0.3, 0.4) is 0 Å². The summed E-state index contributed by atoms with van der Waals surface area (Å²) in [6.07, 6.45) is -2.55. The Kier molecular flexibility index (Phi) is 8.02. The summed E-state index contributed by atoms with van der Waals surface area (Å²) in [4.78, 5) is 5.64. The van der Waals surface area contributed by atoms with Gasteiger partial charge in [0.05, 0.1) is 13.2 Å². The molecule has 1 aromatic carbocycles. The molecule has 2 atom stereocenters. The summed E-state index contributed by atoms with van der Waals surface area (Å²) >= 11 is 0. The van der Waals surface area contributed by atoms with E-state index in [9.17, 15) is 13.2 Å². The molecule has 1 fully saturated rings. The molecule has 0 aromatic heterocycles. The fourth-order valence-electron chi connectivity index (χ4n) is 3.58. The van der Waals surface area contributed by atoms with E-state index in [1.165, 1.54) is 10.5 Å². The van der Waals surface area contributed by atoms with Gasteiger partial charge in [-0.25, -0.2) is 0 Å². The van der Waals surface area contributed by atoms with Gasteiger partial charge in [0.15, 0.2) is 5.96 Å². The fraction of sp³-hybridized carbons (Fsp3) is 0.611. The Morgan fingerprint density at radius 2 is 2.07 bits per heavy atom. The molecular formula is C18H26F3IN4O. The molecule has 2 heterocycles. The van der Waals surface area contributed by atoms with Crippen LogP contribution in [0, 0.1) is 0 Å². The van der Waals surface area contributed by atoms with Crippen LogP contribution in [-0.2, 0) is 0 Å². The van der Waals surface area contributed by atoms with E-state index in [1.54, 1.807) is 7.05 Å². The second kappa shape index (κ2) is 9.81. The molecule has 0 bridgehead atoms. The number of likely N-dealkylation sites (tertiary alicyclic amines) is 1. The van der Waals surface area contributed by atoms with Crippen LogP contribution in [0.25, 0.3) is 0 Å². The van der Waals surface area contributed by atoms with E-state index in [0.717, 1.165) is 12.2 Å². The summed E-state index contributed by atoms with van der Waals surface area (Å²) in [5.41, 5.74) is 1.18. The number of ether oxygens (including phenoxy) is 1. The number of benzene rings is 1. The number of nitrogens with one attached hydrogen (secondary N) is 2. The average molecular weight is 498 g/mol. The smallest absolute Gasteiger partial charge is 0.401 e. The zero-order valence-corrected chi connectivity index (χ0v) is 17.6. The molecule has 2 N–H and O–H groups in total. The maximum Gasteiger partial charge on any atom is 0.401 e. The molecule has 1 aromatic rings. The van der Waals surface area contributed by atoms with E-state index in [2.05, 4.69) is 21.7 Å². The van der Waals surface area contributed by atoms with Crippen molar-refractivity contribution < 1.29 is 17.9 Å². The number of fused-ring (bicyclic) bond motifs is 1. The first-order chi connectivity index (χ1) is 12.4. The molecule has 0 amide bonds. The fourth-order valence-corrected chi connectivity index (χ4v) is 3.58. The lowest BCUT2D eigenvalue weighted by molar-refractivity contribution is -0.143. The normalized spacial score (nSPS) is 23.2. The number of aliphatic imine (C=N–C) groups is 1. The largest absolute Gasteiger partial charge is 0.493 e. The van der Waals surface area contributed by atoms with Crippen LogP contribution in [0.2, 0.25) is 0 Å². The van der Waals surface area contributed by atoms with Crippen LogP contribution in [-0.4, -0.2) is 62.9 Å². The number of guanidine groups is 1. The van der Waals surface area contributed by atoms with Crippen molar-refractivity contribution >= 4 is 29.9 Å². The summed E-state index contributed by atoms with van der Waals surface area (Å²) in [7, 11) is 1.68. The van der Waals surface area contributed by atoms with Crippen LogP contribution in [0.15, 0.2) is 29.3 Å². The molecule has 2 aliphatic rings. The van der Waals surface area contributed by atoms with Crippen molar-refractivity contribution in [2.24, 2.45) is 4.99 Å². The van der Waals surface area contributed by atoms with Gasteiger partial charge >= 0.3 is 6.18 Å². The highest BCUT2D eigenvalue weighted by atomic mass is 127. The van der Waals surface area contributed by atoms with Gasteiger partial charge in [-0.3, -0.25) is 9.89 Å². The van der Waals surface area contributed by atoms with Gasteiger partial charge in [-0.1, -0.05) is 18.2 Å². The molecule has 2 aliphatic heterocycles. The molecule has 0 aliphatic carbocycles. The lowest BCUT2D eigenvalue weighted by atomic mass is 9.93. The summed E-state index contributed by atoms with van der Waals surface area (Å²) in [6.45, 7) is 1.36. The number of rotatable bonds is 4. The lowest BCUT2D eigenvalue weighted by Gasteiger charge is -2.27. The minimum atomic E-state index is -4.15. The number of para-hydroxylation sites is 1. The molecule has 0 radical (unpaired) electrons. The standard InChI is InChI=1S/C18H25F3N4O.HI/c1-22-17(24-14-6-8-25(11-14)12-18(19,20)21)23-10-13-7-9-26-16-5-3-2-4-15(13)16;/h2-5,13-14H,6-12H2,1H3,(H2,22,23,24);1H. The van der Waals surface area contributed by atoms with Gasteiger partial charge < -0.3 is 15.4 Å². The van der Waals surface area contributed by atoms with Gasteiger partial charge in [-0.15, -0.1) is 24.0 Å². The highest BCUT2D eigenvalue weighted by Gasteiger charge is 2.34. The Morgan fingerprint density at radius 3 is 2.81 bits per heavy atom. The third kappa shape index (κ3) is 6.41. The summed E-state index contributed by atoms with van der Waals surface area (Å²) in [6, 6.07) is 7.99. The molecule has 1 saturated heterocycles. The topological polar surface area (TPSA) is 48.9 Å². The van der Waals surface area contributed by atoms with Gasteiger partial charge in [0, 0.05) is 38.6 Å². The Hall–Kier alpha value is -1.23. The highest BCUT2D eigenvalue weighted by molar-refractivity contribution is 14.0. The molecule has 27 heavy (non-hydrogen) atoms. The predicted molar refractivity (Wildman–Crippen MR) is 110 cm³/mol. The SMILES string of the molecule is CN=C(NCC1CCOc2ccccc21)NC1CCN(CC(F)(F)F)C1.I. The second-order valence-corrected chi connectivity index (χ2v) is 6.81. The third-order valence-electron chi connectivity index (χ3n) is 4.84. The molecular weight excluding hydrogens is 472 g/mol. The van der Waals surface area contributed by atoms with Crippen molar-refractivity contribution in [2.75, 3.05) is 39.8 Å². The molecule has 152 valence electrons. The van der Waals surface area contributed by atoms with Crippen LogP contribution in [0.1, 0.15) is 24.3 Å². The quantitative estimate of drug-likeness (QED) is 0.381. The van der Waals surface area contributed by atoms with E-state index in [4.69, 9.17) is 4.74 Å². The van der Waals surface area contributed by atoms with E-state index in [0.29, 0.717) is 44.5 Å². The Morgan fingerprint density at radius 1 is 1.30 bits per heavy atom. The van der Waals surface area contributed by atoms with Crippen molar-refractivity contribution in [3.8, 4) is 5.75 Å². The van der Waals surface area contributed by atoms with Crippen LogP contribution in [0.4, 0.5) is 13.2 Å². The number of halogens is 4. The van der Waals surface area contributed by atoms with Crippen molar-refractivity contribution in [2.45, 2.75) is 31.0 Å². The van der Waals surface area contributed by atoms with Gasteiger partial charge in [0.1, 0.15) is 5.75 Å². The molecule has 3 rings (SSSR count). The number of hydrogen-bond donors (Lipinski definition) is 2. The molecule has 0 saturated carbocycles. The Labute approximate surface area is 174 Å². The minimum absolute atomic E-state index is 0. The monoisotopic (exact) mass is 498 g/mol. The van der Waals surface area contributed by atoms with E-state index in [-0.39, 0.29) is 30.0 Å². The van der Waals surface area contributed by atoms with Crippen LogP contribution in [0.5, 0.6) is 5.75 Å². The van der Waals surface area contributed by atoms with Crippen molar-refractivity contribution in [3.05, 3.63) is 29.8 Å². The maximum atomic E-state index is 12.5. The molecule has 0 spiro atoms. The number of hydrogen-bond acceptors (Lipinski definition) is 3. The first kappa shape index (κ1) is 22.1. The second-order valence-electron chi connectivity index (χ2n) is 6.81. The van der Waals surface area contributed by atoms with Crippen molar-refractivity contribution in [1.29, 1.82) is 0 Å². The minimum Gasteiger partial charge on any atom is -0.493 e. The van der Waals surface area contributed by atoms with Gasteiger partial charge in [-0.2, -0.15) is 13.2 Å². The van der Waals surface area contributed by atoms with Gasteiger partial charge in [-0.05, 0) is 24.5 Å². The van der Waals surface area contributed by atoms with E-state index in [1.807, 2.05) is 18.2 Å². The molecule has 2 unspecified atom stereocenters. The Bertz CT molecular complexity index is 641. The maximum absolute atomic E-state index is 12.5. The highest BCUT2D eigenvalue weighted by Crippen LogP contribution is 2.32. The van der Waals surface area contributed by atoms with Gasteiger partial charge in [0.25, 0.3) is 0 Å².